The van der Waals surface area contributed by atoms with Gasteiger partial charge in [0.05, 0.1) is 5.69 Å². The summed E-state index contributed by atoms with van der Waals surface area (Å²) in [7, 11) is 0. The fourth-order valence-electron chi connectivity index (χ4n) is 7.89. The molecule has 4 unspecified atom stereocenters. The summed E-state index contributed by atoms with van der Waals surface area (Å²) in [6.45, 7) is 5.96. The molecule has 244 valence electrons. The smallest absolute Gasteiger partial charge is 0.169 e. The van der Waals surface area contributed by atoms with Crippen LogP contribution in [0.1, 0.15) is 72.5 Å². The number of ether oxygens (including phenoxy) is 1. The maximum absolute atomic E-state index is 15.0. The number of carbonyl (C=O) groups excluding carboxylic acids is 1. The van der Waals surface area contributed by atoms with E-state index in [0.717, 1.165) is 16.5 Å². The number of rotatable bonds is 4. The Kier molecular flexibility index (Phi) is 6.67. The molecule has 1 aromatic heterocycles. The van der Waals surface area contributed by atoms with Crippen LogP contribution in [0.15, 0.2) is 82.8 Å². The van der Waals surface area contributed by atoms with Gasteiger partial charge in [0.1, 0.15) is 45.7 Å². The number of carbonyl (C=O) groups is 1. The Hall–Kier alpha value is -5.57. The van der Waals surface area contributed by atoms with Gasteiger partial charge in [0.15, 0.2) is 11.5 Å². The minimum absolute atomic E-state index is 0.0303. The van der Waals surface area contributed by atoms with Gasteiger partial charge >= 0.3 is 0 Å². The topological polar surface area (TPSA) is 142 Å². The third kappa shape index (κ3) is 4.80. The zero-order valence-electron chi connectivity index (χ0n) is 26.7. The van der Waals surface area contributed by atoms with Gasteiger partial charge in [-0.05, 0) is 94.1 Å². The summed E-state index contributed by atoms with van der Waals surface area (Å²) in [5, 5.41) is 43.1. The lowest BCUT2D eigenvalue weighted by Gasteiger charge is -2.51. The van der Waals surface area contributed by atoms with Gasteiger partial charge in [-0.1, -0.05) is 17.7 Å². The zero-order chi connectivity index (χ0) is 33.5. The molecule has 1 saturated carbocycles. The van der Waals surface area contributed by atoms with Crippen molar-refractivity contribution >= 4 is 22.4 Å². The quantitative estimate of drug-likeness (QED) is 0.122. The van der Waals surface area contributed by atoms with Crippen LogP contribution in [0.3, 0.4) is 0 Å². The van der Waals surface area contributed by atoms with Crippen molar-refractivity contribution in [2.24, 2.45) is 5.92 Å². The Labute approximate surface area is 276 Å². The van der Waals surface area contributed by atoms with E-state index in [1.54, 1.807) is 36.4 Å². The molecular weight excluding hydrogens is 610 g/mol. The minimum Gasteiger partial charge on any atom is -0.508 e. The fourth-order valence-corrected chi connectivity index (χ4v) is 7.89. The summed E-state index contributed by atoms with van der Waals surface area (Å²) in [5.74, 6) is -0.0985. The number of hydrogen-bond acceptors (Lipinski definition) is 9. The Morgan fingerprint density at radius 3 is 2.44 bits per heavy atom. The van der Waals surface area contributed by atoms with Crippen molar-refractivity contribution in [3.63, 3.8) is 0 Å². The first-order chi connectivity index (χ1) is 23.0. The molecule has 3 aliphatic rings. The predicted octanol–water partition coefficient (Wildman–Crippen LogP) is 8.46. The van der Waals surface area contributed by atoms with Crippen LogP contribution in [0.4, 0.5) is 5.69 Å². The number of hydrogen-bond donors (Lipinski definition) is 5. The second-order valence-corrected chi connectivity index (χ2v) is 13.7. The van der Waals surface area contributed by atoms with E-state index in [1.165, 1.54) is 12.1 Å². The van der Waals surface area contributed by atoms with Gasteiger partial charge in [0.25, 0.3) is 0 Å². The zero-order valence-corrected chi connectivity index (χ0v) is 26.7. The number of phenolic OH excluding ortho intramolecular Hbond substituents is 4. The molecule has 0 spiro atoms. The standard InChI is InChI=1S/C39H35NO8/c1-19(2)4-8-25-29(43)11-10-26-37(25)40-48-34-14-21(31-12-20-5-6-23(42)16-32(20)46-31)13-33-36(34)28-18-39(3,47-33)17-27(35(28)38(26)45)24-9-7-22(41)15-30(24)44/h4-7,9-16,27-28,35,40-44H,8,17-18H2,1-3H3. The number of anilines is 1. The van der Waals surface area contributed by atoms with E-state index in [-0.39, 0.29) is 34.7 Å². The third-order valence-electron chi connectivity index (χ3n) is 10.0. The van der Waals surface area contributed by atoms with Gasteiger partial charge in [-0.3, -0.25) is 4.79 Å². The van der Waals surface area contributed by atoms with Gasteiger partial charge < -0.3 is 34.4 Å². The predicted molar refractivity (Wildman–Crippen MR) is 180 cm³/mol. The summed E-state index contributed by atoms with van der Waals surface area (Å²) >= 11 is 0. The van der Waals surface area contributed by atoms with Gasteiger partial charge in [-0.25, -0.2) is 5.48 Å². The first kappa shape index (κ1) is 29.8. The number of nitrogens with one attached hydrogen (secondary N) is 1. The number of aromatic hydroxyl groups is 4. The number of phenols is 4. The van der Waals surface area contributed by atoms with Crippen LogP contribution in [0, 0.1) is 5.92 Å². The molecule has 4 aromatic carbocycles. The highest BCUT2D eigenvalue weighted by Gasteiger charge is 2.54. The van der Waals surface area contributed by atoms with Crippen LogP contribution in [-0.2, 0) is 6.42 Å². The van der Waals surface area contributed by atoms with Gasteiger partial charge in [0.2, 0.25) is 0 Å². The SMILES string of the molecule is CC(C)=CCc1c(O)ccc2c1NOc1cc(-c3cc4ccc(O)cc4o3)cc3c1C1CC(C)(CC(c4ccc(O)cc4O)C1C2=O)O3. The molecule has 9 nitrogen and oxygen atoms in total. The summed E-state index contributed by atoms with van der Waals surface area (Å²) in [6, 6.07) is 18.3. The van der Waals surface area contributed by atoms with E-state index in [0.29, 0.717) is 70.0 Å². The van der Waals surface area contributed by atoms with Crippen LogP contribution in [-0.4, -0.2) is 31.8 Å². The minimum atomic E-state index is -0.702. The molecule has 3 heterocycles. The largest absolute Gasteiger partial charge is 0.508 e. The lowest BCUT2D eigenvalue weighted by Crippen LogP contribution is -2.49. The Balaban J connectivity index is 1.37. The molecule has 9 heteroatoms. The van der Waals surface area contributed by atoms with Gasteiger partial charge in [0, 0.05) is 57.5 Å². The number of benzene rings is 4. The van der Waals surface area contributed by atoms with Crippen LogP contribution >= 0.6 is 0 Å². The van der Waals surface area contributed by atoms with Crippen molar-refractivity contribution < 1.29 is 39.2 Å². The molecule has 8 rings (SSSR count). The van der Waals surface area contributed by atoms with Crippen molar-refractivity contribution in [3.8, 4) is 45.8 Å². The molecule has 5 N–H and O–H groups in total. The Bertz CT molecular complexity index is 2180. The highest BCUT2D eigenvalue weighted by atomic mass is 16.6. The molecule has 0 saturated heterocycles. The van der Waals surface area contributed by atoms with E-state index in [2.05, 4.69) is 5.48 Å². The third-order valence-corrected chi connectivity index (χ3v) is 10.0. The average molecular weight is 646 g/mol. The number of furan rings is 1. The number of fused-ring (bicyclic) bond motifs is 3. The summed E-state index contributed by atoms with van der Waals surface area (Å²) in [6.07, 6.45) is 3.30. The number of allylic oxidation sites excluding steroid dienone is 2. The van der Waals surface area contributed by atoms with Crippen LogP contribution in [0.25, 0.3) is 22.3 Å². The Morgan fingerprint density at radius 2 is 1.65 bits per heavy atom. The van der Waals surface area contributed by atoms with Crippen molar-refractivity contribution in [2.45, 2.75) is 57.5 Å². The van der Waals surface area contributed by atoms with Crippen molar-refractivity contribution in [2.75, 3.05) is 5.48 Å². The van der Waals surface area contributed by atoms with E-state index in [1.807, 2.05) is 45.0 Å². The molecule has 4 atom stereocenters. The summed E-state index contributed by atoms with van der Waals surface area (Å²) in [5.41, 5.74) is 7.17. The first-order valence-corrected chi connectivity index (χ1v) is 16.0. The highest BCUT2D eigenvalue weighted by Crippen LogP contribution is 2.61. The van der Waals surface area contributed by atoms with Crippen LogP contribution in [0.5, 0.6) is 34.5 Å². The van der Waals surface area contributed by atoms with Crippen LogP contribution in [0.2, 0.25) is 0 Å². The molecule has 0 amide bonds. The Morgan fingerprint density at radius 1 is 0.896 bits per heavy atom. The van der Waals surface area contributed by atoms with Crippen molar-refractivity contribution in [1.29, 1.82) is 0 Å². The maximum Gasteiger partial charge on any atom is 0.169 e. The molecule has 2 aliphatic heterocycles. The van der Waals surface area contributed by atoms with Gasteiger partial charge in [-0.15, -0.1) is 0 Å². The first-order valence-electron chi connectivity index (χ1n) is 16.0. The number of ketones is 1. The summed E-state index contributed by atoms with van der Waals surface area (Å²) in [4.78, 5) is 21.4. The molecule has 0 radical (unpaired) electrons. The van der Waals surface area contributed by atoms with E-state index < -0.39 is 17.4 Å². The lowest BCUT2D eigenvalue weighted by molar-refractivity contribution is -0.00746. The maximum atomic E-state index is 15.0. The molecule has 48 heavy (non-hydrogen) atoms. The normalized spacial score (nSPS) is 22.3. The van der Waals surface area contributed by atoms with Gasteiger partial charge in [-0.2, -0.15) is 0 Å². The average Bonchev–Trinajstić information content (AvgIpc) is 3.46. The highest BCUT2D eigenvalue weighted by molar-refractivity contribution is 6.05. The number of Topliss-reactive ketones (excluding diaryl/α,β-unsaturated/α-hetero) is 1. The molecular formula is C39H35NO8. The van der Waals surface area contributed by atoms with Crippen molar-refractivity contribution in [3.05, 3.63) is 101 Å². The van der Waals surface area contributed by atoms with E-state index in [4.69, 9.17) is 14.0 Å². The molecule has 1 fully saturated rings. The second kappa shape index (κ2) is 10.7. The molecule has 2 bridgehead atoms. The molecule has 5 aromatic rings. The second-order valence-electron chi connectivity index (χ2n) is 13.7. The fraction of sp³-hybridized carbons (Fsp3) is 0.256. The van der Waals surface area contributed by atoms with Crippen LogP contribution < -0.4 is 15.1 Å². The monoisotopic (exact) mass is 645 g/mol. The molecule has 1 aliphatic carbocycles. The summed E-state index contributed by atoms with van der Waals surface area (Å²) < 4.78 is 13.0. The van der Waals surface area contributed by atoms with Crippen molar-refractivity contribution in [1.82, 2.24) is 0 Å². The van der Waals surface area contributed by atoms with E-state index in [9.17, 15) is 25.2 Å². The van der Waals surface area contributed by atoms with E-state index >= 15 is 0 Å². The lowest BCUT2D eigenvalue weighted by atomic mass is 9.59.